The molecule has 0 aliphatic carbocycles. The van der Waals surface area contributed by atoms with Gasteiger partial charge in [-0.2, -0.15) is 0 Å². The normalized spacial score (nSPS) is 13.3. The molecule has 0 radical (unpaired) electrons. The Balaban J connectivity index is 2.21. The molecule has 1 aromatic carbocycles. The summed E-state index contributed by atoms with van der Waals surface area (Å²) < 4.78 is 24.8. The van der Waals surface area contributed by atoms with E-state index in [0.717, 1.165) is 17.7 Å². The number of rotatable bonds is 5. The first-order valence-corrected chi connectivity index (χ1v) is 8.35. The minimum absolute atomic E-state index is 0.0345. The Hall–Kier alpha value is -1.66. The Labute approximate surface area is 119 Å². The van der Waals surface area contributed by atoms with E-state index in [4.69, 9.17) is 5.73 Å². The molecule has 5 nitrogen and oxygen atoms in total. The number of nitrogens with zero attached hydrogens (tertiary/aromatic N) is 2. The Morgan fingerprint density at radius 2 is 1.95 bits per heavy atom. The summed E-state index contributed by atoms with van der Waals surface area (Å²) in [6, 6.07) is 6.85. The maximum atomic E-state index is 11.4. The van der Waals surface area contributed by atoms with Crippen LogP contribution >= 0.6 is 0 Å². The van der Waals surface area contributed by atoms with Crippen molar-refractivity contribution < 1.29 is 8.42 Å². The molecule has 0 aliphatic rings. The smallest absolute Gasteiger partial charge is 0.175 e. The zero-order valence-electron chi connectivity index (χ0n) is 11.7. The quantitative estimate of drug-likeness (QED) is 0.911. The first-order chi connectivity index (χ1) is 9.41. The van der Waals surface area contributed by atoms with Crippen LogP contribution < -0.4 is 5.73 Å². The maximum absolute atomic E-state index is 11.4. The lowest BCUT2D eigenvalue weighted by atomic mass is 10.1. The van der Waals surface area contributed by atoms with Crippen LogP contribution in [-0.2, 0) is 16.4 Å². The van der Waals surface area contributed by atoms with Crippen LogP contribution in [0, 0.1) is 0 Å². The van der Waals surface area contributed by atoms with E-state index in [0.29, 0.717) is 11.4 Å². The molecule has 108 valence electrons. The highest BCUT2D eigenvalue weighted by Gasteiger charge is 2.10. The van der Waals surface area contributed by atoms with Gasteiger partial charge in [-0.05, 0) is 24.1 Å². The zero-order valence-corrected chi connectivity index (χ0v) is 12.5. The van der Waals surface area contributed by atoms with Gasteiger partial charge < -0.3 is 10.3 Å². The molecule has 0 saturated carbocycles. The molecule has 20 heavy (non-hydrogen) atoms. The lowest BCUT2D eigenvalue weighted by molar-refractivity contribution is 0.601. The fourth-order valence-corrected chi connectivity index (χ4v) is 2.65. The Bertz CT molecular complexity index is 675. The van der Waals surface area contributed by atoms with Crippen LogP contribution in [0.1, 0.15) is 30.6 Å². The monoisotopic (exact) mass is 293 g/mol. The van der Waals surface area contributed by atoms with Crippen molar-refractivity contribution in [2.45, 2.75) is 30.8 Å². The summed E-state index contributed by atoms with van der Waals surface area (Å²) in [5.74, 6) is 0. The van der Waals surface area contributed by atoms with Gasteiger partial charge in [0.05, 0.1) is 16.9 Å². The van der Waals surface area contributed by atoms with Crippen LogP contribution in [-0.4, -0.2) is 24.2 Å². The van der Waals surface area contributed by atoms with Crippen molar-refractivity contribution in [1.82, 2.24) is 9.55 Å². The van der Waals surface area contributed by atoms with Crippen molar-refractivity contribution in [3.05, 3.63) is 48.0 Å². The van der Waals surface area contributed by atoms with E-state index in [1.165, 1.54) is 6.26 Å². The SMILES string of the molecule is CC[C@@H](N)c1cncn1Cc1ccc(S(C)(=O)=O)cc1. The van der Waals surface area contributed by atoms with Crippen molar-refractivity contribution in [3.8, 4) is 0 Å². The molecular formula is C14H19N3O2S. The van der Waals surface area contributed by atoms with Gasteiger partial charge in [-0.3, -0.25) is 0 Å². The number of sulfone groups is 1. The van der Waals surface area contributed by atoms with Crippen molar-refractivity contribution in [2.75, 3.05) is 6.26 Å². The van der Waals surface area contributed by atoms with E-state index in [1.807, 2.05) is 23.6 Å². The average Bonchev–Trinajstić information content (AvgIpc) is 2.85. The minimum atomic E-state index is -3.15. The number of nitrogens with two attached hydrogens (primary N) is 1. The summed E-state index contributed by atoms with van der Waals surface area (Å²) in [5.41, 5.74) is 8.03. The number of aromatic nitrogens is 2. The van der Waals surface area contributed by atoms with Crippen LogP contribution in [0.25, 0.3) is 0 Å². The number of benzene rings is 1. The predicted octanol–water partition coefficient (Wildman–Crippen LogP) is 1.74. The Morgan fingerprint density at radius 1 is 1.30 bits per heavy atom. The third kappa shape index (κ3) is 3.26. The molecule has 0 aliphatic heterocycles. The van der Waals surface area contributed by atoms with Crippen molar-refractivity contribution in [1.29, 1.82) is 0 Å². The van der Waals surface area contributed by atoms with Gasteiger partial charge >= 0.3 is 0 Å². The molecule has 0 bridgehead atoms. The van der Waals surface area contributed by atoms with Crippen LogP contribution in [0.5, 0.6) is 0 Å². The second-order valence-electron chi connectivity index (χ2n) is 4.88. The van der Waals surface area contributed by atoms with E-state index in [-0.39, 0.29) is 6.04 Å². The topological polar surface area (TPSA) is 78.0 Å². The molecular weight excluding hydrogens is 274 g/mol. The summed E-state index contributed by atoms with van der Waals surface area (Å²) in [6.07, 6.45) is 5.57. The molecule has 2 rings (SSSR count). The van der Waals surface area contributed by atoms with Crippen LogP contribution in [0.2, 0.25) is 0 Å². The van der Waals surface area contributed by atoms with Gasteiger partial charge in [0.15, 0.2) is 9.84 Å². The lowest BCUT2D eigenvalue weighted by Gasteiger charge is -2.13. The van der Waals surface area contributed by atoms with Gasteiger partial charge in [-0.1, -0.05) is 19.1 Å². The molecule has 0 saturated heterocycles. The average molecular weight is 293 g/mol. The van der Waals surface area contributed by atoms with Gasteiger partial charge in [-0.25, -0.2) is 13.4 Å². The third-order valence-electron chi connectivity index (χ3n) is 3.27. The van der Waals surface area contributed by atoms with E-state index in [1.54, 1.807) is 24.7 Å². The molecule has 2 N–H and O–H groups in total. The van der Waals surface area contributed by atoms with Crippen LogP contribution in [0.15, 0.2) is 41.7 Å². The third-order valence-corrected chi connectivity index (χ3v) is 4.40. The highest BCUT2D eigenvalue weighted by atomic mass is 32.2. The minimum Gasteiger partial charge on any atom is -0.329 e. The van der Waals surface area contributed by atoms with Gasteiger partial charge in [0.25, 0.3) is 0 Å². The molecule has 0 unspecified atom stereocenters. The number of hydrogen-bond donors (Lipinski definition) is 1. The van der Waals surface area contributed by atoms with Crippen molar-refractivity contribution in [3.63, 3.8) is 0 Å². The number of imidazole rings is 1. The molecule has 1 aromatic heterocycles. The molecule has 6 heteroatoms. The Morgan fingerprint density at radius 3 is 2.50 bits per heavy atom. The standard InChI is InChI=1S/C14H19N3O2S/c1-3-13(15)14-8-16-10-17(14)9-11-4-6-12(7-5-11)20(2,18)19/h4-8,10,13H,3,9,15H2,1-2H3/t13-/m1/s1. The van der Waals surface area contributed by atoms with Gasteiger partial charge in [0.2, 0.25) is 0 Å². The van der Waals surface area contributed by atoms with Crippen molar-refractivity contribution >= 4 is 9.84 Å². The van der Waals surface area contributed by atoms with E-state index in [2.05, 4.69) is 4.98 Å². The van der Waals surface area contributed by atoms with Gasteiger partial charge in [0, 0.05) is 25.0 Å². The highest BCUT2D eigenvalue weighted by molar-refractivity contribution is 7.90. The van der Waals surface area contributed by atoms with E-state index in [9.17, 15) is 8.42 Å². The van der Waals surface area contributed by atoms with Crippen LogP contribution in [0.4, 0.5) is 0 Å². The summed E-state index contributed by atoms with van der Waals surface area (Å²) in [4.78, 5) is 4.46. The fraction of sp³-hybridized carbons (Fsp3) is 0.357. The van der Waals surface area contributed by atoms with E-state index >= 15 is 0 Å². The second kappa shape index (κ2) is 5.76. The predicted molar refractivity (Wildman–Crippen MR) is 78.1 cm³/mol. The maximum Gasteiger partial charge on any atom is 0.175 e. The number of hydrogen-bond acceptors (Lipinski definition) is 4. The van der Waals surface area contributed by atoms with E-state index < -0.39 is 9.84 Å². The molecule has 0 fully saturated rings. The van der Waals surface area contributed by atoms with Crippen molar-refractivity contribution in [2.24, 2.45) is 5.73 Å². The molecule has 1 heterocycles. The largest absolute Gasteiger partial charge is 0.329 e. The molecule has 2 aromatic rings. The molecule has 0 amide bonds. The summed E-state index contributed by atoms with van der Waals surface area (Å²) >= 11 is 0. The molecule has 1 atom stereocenters. The summed E-state index contributed by atoms with van der Waals surface area (Å²) in [5, 5.41) is 0. The first-order valence-electron chi connectivity index (χ1n) is 6.46. The van der Waals surface area contributed by atoms with Gasteiger partial charge in [-0.15, -0.1) is 0 Å². The van der Waals surface area contributed by atoms with Crippen LogP contribution in [0.3, 0.4) is 0 Å². The first kappa shape index (κ1) is 14.7. The fourth-order valence-electron chi connectivity index (χ4n) is 2.02. The highest BCUT2D eigenvalue weighted by Crippen LogP contribution is 2.16. The van der Waals surface area contributed by atoms with Gasteiger partial charge in [0.1, 0.15) is 0 Å². The second-order valence-corrected chi connectivity index (χ2v) is 6.89. The lowest BCUT2D eigenvalue weighted by Crippen LogP contribution is -2.14. The summed E-state index contributed by atoms with van der Waals surface area (Å²) in [7, 11) is -3.15. The molecule has 0 spiro atoms. The Kier molecular flexibility index (Phi) is 4.25. The summed E-state index contributed by atoms with van der Waals surface area (Å²) in [6.45, 7) is 2.66. The zero-order chi connectivity index (χ0) is 14.8.